The first-order valence-corrected chi connectivity index (χ1v) is 11.5. The molecule has 6 heteroatoms. The molecule has 2 saturated heterocycles. The van der Waals surface area contributed by atoms with Crippen molar-refractivity contribution in [2.24, 2.45) is 0 Å². The molecule has 0 saturated carbocycles. The topological polar surface area (TPSA) is 53.5 Å². The van der Waals surface area contributed by atoms with Crippen LogP contribution >= 0.6 is 0 Å². The largest absolute Gasteiger partial charge is 0.370 e. The van der Waals surface area contributed by atoms with Gasteiger partial charge in [0.2, 0.25) is 5.95 Å². The van der Waals surface area contributed by atoms with E-state index in [0.717, 1.165) is 50.2 Å². The average Bonchev–Trinajstić information content (AvgIpc) is 3.26. The maximum absolute atomic E-state index is 5.70. The van der Waals surface area contributed by atoms with Crippen molar-refractivity contribution in [2.45, 2.75) is 45.1 Å². The van der Waals surface area contributed by atoms with Crippen molar-refractivity contribution in [3.8, 4) is 0 Å². The third-order valence-electron chi connectivity index (χ3n) is 6.78. The zero-order valence-electron chi connectivity index (χ0n) is 17.9. The Balaban J connectivity index is 1.13. The van der Waals surface area contributed by atoms with Crippen molar-refractivity contribution in [1.29, 1.82) is 0 Å². The molecule has 0 amide bonds. The summed E-state index contributed by atoms with van der Waals surface area (Å²) in [5.41, 5.74) is 3.65. The van der Waals surface area contributed by atoms with Gasteiger partial charge in [-0.15, -0.1) is 0 Å². The molecule has 160 valence electrons. The molecule has 0 bridgehead atoms. The highest BCUT2D eigenvalue weighted by Gasteiger charge is 2.29. The van der Waals surface area contributed by atoms with Crippen molar-refractivity contribution in [3.05, 3.63) is 59.3 Å². The number of likely N-dealkylation sites (tertiary alicyclic amines) is 1. The molecule has 0 aliphatic carbocycles. The number of hydrogen-bond donors (Lipinski definition) is 1. The summed E-state index contributed by atoms with van der Waals surface area (Å²) in [4.78, 5) is 14.6. The van der Waals surface area contributed by atoms with E-state index in [1.165, 1.54) is 41.2 Å². The normalized spacial score (nSPS) is 19.4. The van der Waals surface area contributed by atoms with Gasteiger partial charge in [-0.05, 0) is 35.6 Å². The van der Waals surface area contributed by atoms with E-state index in [4.69, 9.17) is 14.7 Å². The second-order valence-corrected chi connectivity index (χ2v) is 9.01. The molecule has 0 spiro atoms. The van der Waals surface area contributed by atoms with E-state index in [0.29, 0.717) is 19.3 Å². The van der Waals surface area contributed by atoms with Gasteiger partial charge in [-0.2, -0.15) is 4.98 Å². The van der Waals surface area contributed by atoms with E-state index >= 15 is 0 Å². The fraction of sp³-hybridized carbons (Fsp3) is 0.440. The number of anilines is 2. The molecule has 2 fully saturated rings. The second-order valence-electron chi connectivity index (χ2n) is 9.01. The van der Waals surface area contributed by atoms with Gasteiger partial charge in [-0.25, -0.2) is 4.98 Å². The number of fused-ring (bicyclic) bond motifs is 2. The third kappa shape index (κ3) is 3.75. The fourth-order valence-corrected chi connectivity index (χ4v) is 5.11. The number of benzene rings is 2. The van der Waals surface area contributed by atoms with Gasteiger partial charge in [-0.1, -0.05) is 42.5 Å². The van der Waals surface area contributed by atoms with Crippen LogP contribution in [-0.2, 0) is 24.5 Å². The predicted octanol–water partition coefficient (Wildman–Crippen LogP) is 3.95. The summed E-state index contributed by atoms with van der Waals surface area (Å²) < 4.78 is 5.70. The molecule has 4 heterocycles. The van der Waals surface area contributed by atoms with Crippen molar-refractivity contribution in [3.63, 3.8) is 0 Å². The van der Waals surface area contributed by atoms with Crippen LogP contribution in [0.3, 0.4) is 0 Å². The quantitative estimate of drug-likeness (QED) is 0.681. The van der Waals surface area contributed by atoms with Crippen molar-refractivity contribution in [1.82, 2.24) is 14.9 Å². The van der Waals surface area contributed by atoms with Gasteiger partial charge >= 0.3 is 0 Å². The first-order valence-electron chi connectivity index (χ1n) is 11.5. The predicted molar refractivity (Wildman–Crippen MR) is 123 cm³/mol. The van der Waals surface area contributed by atoms with Crippen LogP contribution in [0.1, 0.15) is 36.1 Å². The highest BCUT2D eigenvalue weighted by atomic mass is 16.5. The Hall–Kier alpha value is -2.70. The lowest BCUT2D eigenvalue weighted by atomic mass is 10.0. The Kier molecular flexibility index (Phi) is 4.97. The van der Waals surface area contributed by atoms with Crippen LogP contribution in [0.15, 0.2) is 42.5 Å². The zero-order valence-corrected chi connectivity index (χ0v) is 17.9. The molecule has 0 atom stereocenters. The molecular formula is C25H29N5O. The summed E-state index contributed by atoms with van der Waals surface area (Å²) in [6.07, 6.45) is 3.81. The Morgan fingerprint density at radius 2 is 1.77 bits per heavy atom. The standard InChI is InChI=1S/C25H29N5O/c1-4-11-30(12-5-1)24-22-16-31-17-23(22)27-25(28-24)26-20-14-29(15-20)13-19-9-6-8-18-7-2-3-10-21(18)19/h2-3,6-10,20H,1,4-5,11-17H2,(H,26,27,28). The molecule has 6 rings (SSSR count). The minimum absolute atomic E-state index is 0.393. The van der Waals surface area contributed by atoms with Gasteiger partial charge in [0.25, 0.3) is 0 Å². The number of nitrogens with one attached hydrogen (secondary N) is 1. The molecule has 0 radical (unpaired) electrons. The number of hydrogen-bond acceptors (Lipinski definition) is 6. The van der Waals surface area contributed by atoms with Crippen LogP contribution in [0.4, 0.5) is 11.8 Å². The molecule has 3 aliphatic rings. The maximum atomic E-state index is 5.70. The van der Waals surface area contributed by atoms with Gasteiger partial charge in [0, 0.05) is 38.3 Å². The number of ether oxygens (including phenoxy) is 1. The number of rotatable bonds is 5. The fourth-order valence-electron chi connectivity index (χ4n) is 5.11. The van der Waals surface area contributed by atoms with E-state index in [2.05, 4.69) is 57.6 Å². The Morgan fingerprint density at radius 1 is 0.935 bits per heavy atom. The Bertz CT molecular complexity index is 1080. The van der Waals surface area contributed by atoms with Crippen molar-refractivity contribution in [2.75, 3.05) is 36.4 Å². The molecule has 6 nitrogen and oxygen atoms in total. The monoisotopic (exact) mass is 415 g/mol. The summed E-state index contributed by atoms with van der Waals surface area (Å²) in [7, 11) is 0. The molecule has 1 aromatic heterocycles. The second kappa shape index (κ2) is 8.09. The average molecular weight is 416 g/mol. The third-order valence-corrected chi connectivity index (χ3v) is 6.78. The smallest absolute Gasteiger partial charge is 0.225 e. The van der Waals surface area contributed by atoms with Crippen LogP contribution in [0.2, 0.25) is 0 Å². The molecule has 0 unspecified atom stereocenters. The van der Waals surface area contributed by atoms with Crippen LogP contribution < -0.4 is 10.2 Å². The van der Waals surface area contributed by atoms with Gasteiger partial charge in [0.05, 0.1) is 24.9 Å². The van der Waals surface area contributed by atoms with Crippen molar-refractivity contribution >= 4 is 22.5 Å². The van der Waals surface area contributed by atoms with Gasteiger partial charge < -0.3 is 15.0 Å². The summed E-state index contributed by atoms with van der Waals surface area (Å²) in [6, 6.07) is 15.6. The first-order chi connectivity index (χ1) is 15.3. The highest BCUT2D eigenvalue weighted by molar-refractivity contribution is 5.85. The summed E-state index contributed by atoms with van der Waals surface area (Å²) >= 11 is 0. The van der Waals surface area contributed by atoms with Crippen LogP contribution in [0.25, 0.3) is 10.8 Å². The lowest BCUT2D eigenvalue weighted by molar-refractivity contribution is 0.133. The van der Waals surface area contributed by atoms with Crippen LogP contribution in [0, 0.1) is 0 Å². The van der Waals surface area contributed by atoms with E-state index < -0.39 is 0 Å². The van der Waals surface area contributed by atoms with Gasteiger partial charge in [0.15, 0.2) is 0 Å². The molecule has 2 aromatic carbocycles. The first kappa shape index (κ1) is 19.0. The van der Waals surface area contributed by atoms with Gasteiger partial charge in [-0.3, -0.25) is 4.90 Å². The minimum atomic E-state index is 0.393. The number of piperidine rings is 1. The van der Waals surface area contributed by atoms with Crippen LogP contribution in [-0.4, -0.2) is 47.1 Å². The summed E-state index contributed by atoms with van der Waals surface area (Å²) in [5.74, 6) is 1.86. The molecule has 31 heavy (non-hydrogen) atoms. The Morgan fingerprint density at radius 3 is 2.68 bits per heavy atom. The highest BCUT2D eigenvalue weighted by Crippen LogP contribution is 2.31. The lowest BCUT2D eigenvalue weighted by Gasteiger charge is -2.40. The molecular weight excluding hydrogens is 386 g/mol. The minimum Gasteiger partial charge on any atom is -0.370 e. The summed E-state index contributed by atoms with van der Waals surface area (Å²) in [5, 5.41) is 6.26. The van der Waals surface area contributed by atoms with Crippen molar-refractivity contribution < 1.29 is 4.74 Å². The van der Waals surface area contributed by atoms with Gasteiger partial charge in [0.1, 0.15) is 5.82 Å². The van der Waals surface area contributed by atoms with Crippen LogP contribution in [0.5, 0.6) is 0 Å². The lowest BCUT2D eigenvalue weighted by Crippen LogP contribution is -2.54. The molecule has 1 N–H and O–H groups in total. The maximum Gasteiger partial charge on any atom is 0.225 e. The zero-order chi connectivity index (χ0) is 20.6. The molecule has 3 aromatic rings. The number of nitrogens with zero attached hydrogens (tertiary/aromatic N) is 4. The summed E-state index contributed by atoms with van der Waals surface area (Å²) in [6.45, 7) is 6.43. The molecule has 3 aliphatic heterocycles. The van der Waals surface area contributed by atoms with E-state index in [1.807, 2.05) is 0 Å². The Labute approximate surface area is 183 Å². The van der Waals surface area contributed by atoms with E-state index in [-0.39, 0.29) is 0 Å². The SMILES string of the molecule is c1ccc2c(CN3CC(Nc4nc5c(c(N6CCCCC6)n4)COC5)C3)cccc2c1. The van der Waals surface area contributed by atoms with E-state index in [1.54, 1.807) is 0 Å². The van der Waals surface area contributed by atoms with E-state index in [9.17, 15) is 0 Å². The number of aromatic nitrogens is 2.